The number of carboxylic acids is 1. The molecule has 0 saturated carbocycles. The van der Waals surface area contributed by atoms with E-state index in [1.165, 1.54) is 24.3 Å². The van der Waals surface area contributed by atoms with Crippen molar-refractivity contribution in [1.29, 1.82) is 0 Å². The number of phenols is 1. The first-order chi connectivity index (χ1) is 19.2. The fourth-order valence-corrected chi connectivity index (χ4v) is 3.72. The summed E-state index contributed by atoms with van der Waals surface area (Å²) in [4.78, 5) is 66.1. The van der Waals surface area contributed by atoms with Gasteiger partial charge in [0, 0.05) is 19.4 Å². The fourth-order valence-electron chi connectivity index (χ4n) is 3.72. The minimum Gasteiger partial charge on any atom is -0.508 e. The molecule has 0 bridgehead atoms. The first-order valence-corrected chi connectivity index (χ1v) is 13.3. The van der Waals surface area contributed by atoms with Crippen LogP contribution in [0.5, 0.6) is 5.75 Å². The number of nitrogens with zero attached hydrogens (tertiary/aromatic N) is 1. The van der Waals surface area contributed by atoms with Gasteiger partial charge in [-0.3, -0.25) is 24.2 Å². The lowest BCUT2D eigenvalue weighted by Gasteiger charge is -2.26. The van der Waals surface area contributed by atoms with Crippen LogP contribution < -0.4 is 38.9 Å². The summed E-state index contributed by atoms with van der Waals surface area (Å²) < 4.78 is 0. The van der Waals surface area contributed by atoms with E-state index in [0.717, 1.165) is 0 Å². The number of hydrogen-bond donors (Lipinski definition) is 9. The Hall–Kier alpha value is -4.40. The maximum absolute atomic E-state index is 13.4. The van der Waals surface area contributed by atoms with Gasteiger partial charge in [0.1, 0.15) is 23.9 Å². The second kappa shape index (κ2) is 17.3. The highest BCUT2D eigenvalue weighted by Gasteiger charge is 2.31. The Labute approximate surface area is 238 Å². The van der Waals surface area contributed by atoms with E-state index in [2.05, 4.69) is 20.9 Å². The number of rotatable bonds is 18. The molecule has 13 N–H and O–H groups in total. The van der Waals surface area contributed by atoms with E-state index >= 15 is 0 Å². The molecule has 0 spiro atoms. The molecule has 1 rings (SSSR count). The number of aliphatic imine (C=N–C) groups is 1. The molecule has 0 aliphatic heterocycles. The number of nitrogens with one attached hydrogen (secondary N) is 3. The third-order valence-electron chi connectivity index (χ3n) is 6.44. The summed E-state index contributed by atoms with van der Waals surface area (Å²) in [6.45, 7) is 3.85. The van der Waals surface area contributed by atoms with Crippen molar-refractivity contribution in [3.63, 3.8) is 0 Å². The average molecular weight is 579 g/mol. The van der Waals surface area contributed by atoms with Crippen LogP contribution >= 0.6 is 0 Å². The van der Waals surface area contributed by atoms with Crippen LogP contribution in [-0.2, 0) is 30.4 Å². The van der Waals surface area contributed by atoms with Gasteiger partial charge >= 0.3 is 5.97 Å². The summed E-state index contributed by atoms with van der Waals surface area (Å²) in [5.41, 5.74) is 22.4. The van der Waals surface area contributed by atoms with E-state index in [9.17, 15) is 34.2 Å². The number of phenolic OH excluding ortho intramolecular Hbond substituents is 1. The lowest BCUT2D eigenvalue weighted by molar-refractivity contribution is -0.142. The molecular weight excluding hydrogens is 536 g/mol. The Kier molecular flexibility index (Phi) is 14.6. The lowest BCUT2D eigenvalue weighted by Crippen LogP contribution is -2.58. The Morgan fingerprint density at radius 1 is 0.878 bits per heavy atom. The van der Waals surface area contributed by atoms with Gasteiger partial charge in [0.15, 0.2) is 5.96 Å². The van der Waals surface area contributed by atoms with Crippen LogP contribution in [-0.4, -0.2) is 76.5 Å². The van der Waals surface area contributed by atoms with Crippen molar-refractivity contribution in [2.75, 3.05) is 6.54 Å². The van der Waals surface area contributed by atoms with Gasteiger partial charge in [-0.05, 0) is 42.9 Å². The molecular formula is C26H42N8O7. The van der Waals surface area contributed by atoms with Crippen molar-refractivity contribution in [3.8, 4) is 5.75 Å². The number of amides is 4. The monoisotopic (exact) mass is 578 g/mol. The molecule has 1 aromatic rings. The topological polar surface area (TPSA) is 278 Å². The normalized spacial score (nSPS) is 14.4. The van der Waals surface area contributed by atoms with Crippen LogP contribution in [0.15, 0.2) is 29.3 Å². The molecule has 0 radical (unpaired) electrons. The van der Waals surface area contributed by atoms with Crippen LogP contribution in [0.1, 0.15) is 51.5 Å². The molecule has 0 saturated heterocycles. The van der Waals surface area contributed by atoms with Gasteiger partial charge in [0.25, 0.3) is 0 Å². The average Bonchev–Trinajstić information content (AvgIpc) is 2.91. The quantitative estimate of drug-likeness (QED) is 0.0533. The summed E-state index contributed by atoms with van der Waals surface area (Å²) in [6, 6.07) is 1.11. The van der Waals surface area contributed by atoms with E-state index in [0.29, 0.717) is 18.4 Å². The molecule has 5 unspecified atom stereocenters. The van der Waals surface area contributed by atoms with Crippen LogP contribution in [0.2, 0.25) is 0 Å². The zero-order chi connectivity index (χ0) is 31.1. The zero-order valence-electron chi connectivity index (χ0n) is 23.3. The molecule has 4 amide bonds. The number of primary amides is 1. The van der Waals surface area contributed by atoms with Crippen molar-refractivity contribution in [2.24, 2.45) is 33.8 Å². The highest BCUT2D eigenvalue weighted by Crippen LogP contribution is 2.13. The number of aliphatic carboxylic acids is 1. The van der Waals surface area contributed by atoms with Gasteiger partial charge in [0.2, 0.25) is 23.6 Å². The van der Waals surface area contributed by atoms with Crippen LogP contribution in [0.25, 0.3) is 0 Å². The maximum Gasteiger partial charge on any atom is 0.326 e. The number of benzene rings is 1. The van der Waals surface area contributed by atoms with Gasteiger partial charge < -0.3 is 49.1 Å². The Morgan fingerprint density at radius 3 is 1.98 bits per heavy atom. The maximum atomic E-state index is 13.4. The molecule has 1 aromatic carbocycles. The van der Waals surface area contributed by atoms with Crippen LogP contribution in [0.3, 0.4) is 0 Å². The molecule has 5 atom stereocenters. The highest BCUT2D eigenvalue weighted by atomic mass is 16.4. The van der Waals surface area contributed by atoms with Crippen molar-refractivity contribution in [2.45, 2.75) is 76.5 Å². The van der Waals surface area contributed by atoms with Crippen molar-refractivity contribution in [1.82, 2.24) is 16.0 Å². The first kappa shape index (κ1) is 34.6. The minimum atomic E-state index is -1.45. The first-order valence-electron chi connectivity index (χ1n) is 13.3. The molecule has 228 valence electrons. The SMILES string of the molecule is CCC(C)C(N)C(=O)NC(CCCN=C(N)N)C(=O)NC(Cc1ccc(O)cc1)C(=O)NC(CCC(N)=O)C(=O)O. The highest BCUT2D eigenvalue weighted by molar-refractivity contribution is 5.94. The Morgan fingerprint density at radius 2 is 1.44 bits per heavy atom. The van der Waals surface area contributed by atoms with Crippen LogP contribution in [0.4, 0.5) is 0 Å². The van der Waals surface area contributed by atoms with Crippen molar-refractivity contribution >= 4 is 35.6 Å². The van der Waals surface area contributed by atoms with Gasteiger partial charge in [-0.2, -0.15) is 0 Å². The standard InChI is InChI=1S/C26H42N8O7/c1-3-14(2)21(28)24(39)32-17(5-4-12-31-26(29)30)22(37)34-19(13-15-6-8-16(35)9-7-15)23(38)33-18(25(40)41)10-11-20(27)36/h6-9,14,17-19,21,35H,3-5,10-13,28H2,1-2H3,(H2,27,36)(H,32,39)(H,33,38)(H,34,37)(H,40,41)(H4,29,30,31). The van der Waals surface area contributed by atoms with E-state index in [1.807, 2.05) is 6.92 Å². The summed E-state index contributed by atoms with van der Waals surface area (Å²) in [7, 11) is 0. The van der Waals surface area contributed by atoms with E-state index in [4.69, 9.17) is 22.9 Å². The summed E-state index contributed by atoms with van der Waals surface area (Å²) >= 11 is 0. The molecule has 0 aliphatic rings. The number of aromatic hydroxyl groups is 1. The molecule has 41 heavy (non-hydrogen) atoms. The fraction of sp³-hybridized carbons (Fsp3) is 0.538. The predicted molar refractivity (Wildman–Crippen MR) is 151 cm³/mol. The third-order valence-corrected chi connectivity index (χ3v) is 6.44. The van der Waals surface area contributed by atoms with Gasteiger partial charge in [-0.15, -0.1) is 0 Å². The lowest BCUT2D eigenvalue weighted by atomic mass is 9.98. The Bertz CT molecular complexity index is 1080. The number of nitrogens with two attached hydrogens (primary N) is 4. The van der Waals surface area contributed by atoms with Crippen molar-refractivity contribution in [3.05, 3.63) is 29.8 Å². The smallest absolute Gasteiger partial charge is 0.326 e. The number of carbonyl (C=O) groups excluding carboxylic acids is 4. The third kappa shape index (κ3) is 13.0. The molecule has 0 fully saturated rings. The van der Waals surface area contributed by atoms with Crippen LogP contribution in [0, 0.1) is 5.92 Å². The van der Waals surface area contributed by atoms with E-state index < -0.39 is 53.8 Å². The second-order valence-electron chi connectivity index (χ2n) is 9.76. The van der Waals surface area contributed by atoms with E-state index in [-0.39, 0.29) is 49.9 Å². The molecule has 15 heteroatoms. The van der Waals surface area contributed by atoms with Gasteiger partial charge in [-0.25, -0.2) is 4.79 Å². The summed E-state index contributed by atoms with van der Waals surface area (Å²) in [6.07, 6.45) is 0.412. The Balaban J connectivity index is 3.22. The van der Waals surface area contributed by atoms with Gasteiger partial charge in [0.05, 0.1) is 6.04 Å². The molecule has 15 nitrogen and oxygen atoms in total. The number of carbonyl (C=O) groups is 5. The minimum absolute atomic E-state index is 0.0163. The molecule has 0 aromatic heterocycles. The summed E-state index contributed by atoms with van der Waals surface area (Å²) in [5.74, 6) is -4.57. The molecule has 0 heterocycles. The number of hydrogen-bond acceptors (Lipinski definition) is 8. The number of carboxylic acid groups (broad SMARTS) is 1. The zero-order valence-corrected chi connectivity index (χ0v) is 23.3. The van der Waals surface area contributed by atoms with Crippen molar-refractivity contribution < 1.29 is 34.2 Å². The number of guanidine groups is 1. The van der Waals surface area contributed by atoms with Gasteiger partial charge in [-0.1, -0.05) is 32.4 Å². The largest absolute Gasteiger partial charge is 0.508 e. The second-order valence-corrected chi connectivity index (χ2v) is 9.76. The summed E-state index contributed by atoms with van der Waals surface area (Å²) in [5, 5.41) is 26.7. The predicted octanol–water partition coefficient (Wildman–Crippen LogP) is -1.83. The molecule has 0 aliphatic carbocycles. The van der Waals surface area contributed by atoms with E-state index in [1.54, 1.807) is 6.92 Å².